The van der Waals surface area contributed by atoms with Gasteiger partial charge in [0.1, 0.15) is 17.1 Å². The Hall–Kier alpha value is -0.830. The van der Waals surface area contributed by atoms with Crippen LogP contribution in [-0.4, -0.2) is 69.3 Å². The van der Waals surface area contributed by atoms with Crippen molar-refractivity contribution in [3.05, 3.63) is 0 Å². The highest BCUT2D eigenvalue weighted by Crippen LogP contribution is 2.37. The number of amidine groups is 1. The fourth-order valence-corrected chi connectivity index (χ4v) is 3.33. The number of fused-ring (bicyclic) bond motifs is 1. The summed E-state index contributed by atoms with van der Waals surface area (Å²) >= 11 is 1.26. The molecule has 2 heterocycles. The van der Waals surface area contributed by atoms with Crippen molar-refractivity contribution in [1.29, 1.82) is 0 Å². The van der Waals surface area contributed by atoms with Gasteiger partial charge in [-0.25, -0.2) is 4.79 Å². The summed E-state index contributed by atoms with van der Waals surface area (Å²) < 4.78 is 10.9. The van der Waals surface area contributed by atoms with Gasteiger partial charge in [-0.15, -0.1) is 0 Å². The maximum atomic E-state index is 12.0. The maximum Gasteiger partial charge on any atom is 0.416 e. The molecule has 1 saturated heterocycles. The third kappa shape index (κ3) is 3.88. The van der Waals surface area contributed by atoms with Gasteiger partial charge < -0.3 is 19.7 Å². The van der Waals surface area contributed by atoms with E-state index in [0.717, 1.165) is 0 Å². The average molecular weight is 318 g/mol. The fraction of sp³-hybridized carbons (Fsp3) is 0.846. The zero-order valence-corrected chi connectivity index (χ0v) is 13.5. The first-order chi connectivity index (χ1) is 9.71. The van der Waals surface area contributed by atoms with Gasteiger partial charge >= 0.3 is 6.09 Å². The highest BCUT2D eigenvalue weighted by molar-refractivity contribution is 8.14. The van der Waals surface area contributed by atoms with Crippen LogP contribution in [0, 0.1) is 0 Å². The number of nitrogens with zero attached hydrogens (tertiary/aromatic N) is 2. The molecular formula is C13H22N2O5S. The molecule has 2 aliphatic rings. The molecule has 0 aliphatic carbocycles. The number of carbonyl (C=O) groups excluding carboxylic acids is 1. The molecule has 21 heavy (non-hydrogen) atoms. The average Bonchev–Trinajstić information content (AvgIpc) is 2.80. The molecule has 2 N–H and O–H groups in total. The van der Waals surface area contributed by atoms with Crippen molar-refractivity contribution >= 4 is 23.0 Å². The zero-order valence-electron chi connectivity index (χ0n) is 12.6. The van der Waals surface area contributed by atoms with Crippen LogP contribution in [0.5, 0.6) is 0 Å². The summed E-state index contributed by atoms with van der Waals surface area (Å²) in [6, 6.07) is -0.419. The molecule has 120 valence electrons. The molecular weight excluding hydrogens is 296 g/mol. The number of rotatable bonds is 1. The van der Waals surface area contributed by atoms with E-state index in [2.05, 4.69) is 4.99 Å². The second-order valence-corrected chi connectivity index (χ2v) is 7.24. The van der Waals surface area contributed by atoms with Crippen LogP contribution < -0.4 is 0 Å². The third-order valence-corrected chi connectivity index (χ3v) is 4.36. The van der Waals surface area contributed by atoms with Gasteiger partial charge in [0.05, 0.1) is 18.8 Å². The summed E-state index contributed by atoms with van der Waals surface area (Å²) in [5.41, 5.74) is -0.967. The number of hydrogen-bond donors (Lipinski definition) is 2. The minimum Gasteiger partial charge on any atom is -0.443 e. The van der Waals surface area contributed by atoms with Crippen molar-refractivity contribution in [2.24, 2.45) is 4.99 Å². The molecule has 2 rings (SSSR count). The van der Waals surface area contributed by atoms with E-state index in [0.29, 0.717) is 11.6 Å². The predicted octanol–water partition coefficient (Wildman–Crippen LogP) is 0.793. The van der Waals surface area contributed by atoms with Gasteiger partial charge in [0.2, 0.25) is 0 Å². The molecule has 8 heteroatoms. The van der Waals surface area contributed by atoms with Gasteiger partial charge in [0.25, 0.3) is 0 Å². The lowest BCUT2D eigenvalue weighted by Gasteiger charge is -2.33. The number of carbonyl (C=O) groups is 1. The molecule has 0 radical (unpaired) electrons. The highest BCUT2D eigenvalue weighted by atomic mass is 32.2. The van der Waals surface area contributed by atoms with E-state index >= 15 is 0 Å². The first kappa shape index (κ1) is 16.5. The largest absolute Gasteiger partial charge is 0.443 e. The van der Waals surface area contributed by atoms with Gasteiger partial charge in [-0.2, -0.15) is 0 Å². The Morgan fingerprint density at radius 2 is 2.24 bits per heavy atom. The van der Waals surface area contributed by atoms with Crippen molar-refractivity contribution in [1.82, 2.24) is 4.90 Å². The number of thioether (sulfide) groups is 1. The fourth-order valence-electron chi connectivity index (χ4n) is 2.11. The minimum atomic E-state index is -0.682. The molecule has 0 saturated carbocycles. The Balaban J connectivity index is 2.03. The molecule has 0 aromatic rings. The first-order valence-corrected chi connectivity index (χ1v) is 7.75. The monoisotopic (exact) mass is 318 g/mol. The Bertz CT molecular complexity index is 437. The van der Waals surface area contributed by atoms with Crippen molar-refractivity contribution < 1.29 is 24.5 Å². The lowest BCUT2D eigenvalue weighted by Crippen LogP contribution is -2.45. The number of amides is 1. The Morgan fingerprint density at radius 1 is 1.57 bits per heavy atom. The Labute approximate surface area is 128 Å². The SMILES string of the molecule is CN(C(=O)OC(C)(C)C)C1=NC2C(O)CC(CO)OC2S1. The zero-order chi connectivity index (χ0) is 15.8. The van der Waals surface area contributed by atoms with Crippen molar-refractivity contribution in [3.63, 3.8) is 0 Å². The van der Waals surface area contributed by atoms with E-state index in [9.17, 15) is 9.90 Å². The first-order valence-electron chi connectivity index (χ1n) is 6.87. The number of aliphatic hydroxyl groups is 2. The summed E-state index contributed by atoms with van der Waals surface area (Å²) in [6.07, 6.45) is -1.24. The molecule has 1 amide bonds. The molecule has 0 spiro atoms. The van der Waals surface area contributed by atoms with Crippen LogP contribution in [0.3, 0.4) is 0 Å². The van der Waals surface area contributed by atoms with Crippen LogP contribution >= 0.6 is 11.8 Å². The quantitative estimate of drug-likeness (QED) is 0.743. The smallest absolute Gasteiger partial charge is 0.416 e. The normalized spacial score (nSPS) is 32.4. The van der Waals surface area contributed by atoms with E-state index in [-0.39, 0.29) is 12.0 Å². The molecule has 2 aliphatic heterocycles. The van der Waals surface area contributed by atoms with E-state index in [1.54, 1.807) is 27.8 Å². The molecule has 7 nitrogen and oxygen atoms in total. The summed E-state index contributed by atoms with van der Waals surface area (Å²) in [5.74, 6) is 0. The lowest BCUT2D eigenvalue weighted by atomic mass is 10.0. The van der Waals surface area contributed by atoms with Crippen LogP contribution in [0.4, 0.5) is 4.79 Å². The third-order valence-electron chi connectivity index (χ3n) is 3.14. The number of aliphatic imine (C=N–C) groups is 1. The van der Waals surface area contributed by atoms with Crippen LogP contribution in [0.25, 0.3) is 0 Å². The molecule has 0 aromatic carbocycles. The topological polar surface area (TPSA) is 91.6 Å². The summed E-state index contributed by atoms with van der Waals surface area (Å²) in [5, 5.41) is 19.7. The number of hydrogen-bond acceptors (Lipinski definition) is 7. The second-order valence-electron chi connectivity index (χ2n) is 6.17. The van der Waals surface area contributed by atoms with E-state index < -0.39 is 29.9 Å². The predicted molar refractivity (Wildman–Crippen MR) is 79.2 cm³/mol. The van der Waals surface area contributed by atoms with Gasteiger partial charge in [0.15, 0.2) is 5.17 Å². The second kappa shape index (κ2) is 6.12. The lowest BCUT2D eigenvalue weighted by molar-refractivity contribution is -0.0875. The summed E-state index contributed by atoms with van der Waals surface area (Å²) in [4.78, 5) is 17.7. The van der Waals surface area contributed by atoms with E-state index in [4.69, 9.17) is 14.6 Å². The minimum absolute atomic E-state index is 0.141. The van der Waals surface area contributed by atoms with Crippen molar-refractivity contribution in [3.8, 4) is 0 Å². The van der Waals surface area contributed by atoms with Crippen LogP contribution in [0.15, 0.2) is 4.99 Å². The maximum absolute atomic E-state index is 12.0. The molecule has 0 aromatic heterocycles. The molecule has 1 fully saturated rings. The van der Waals surface area contributed by atoms with Crippen LogP contribution in [0.2, 0.25) is 0 Å². The van der Waals surface area contributed by atoms with Gasteiger partial charge in [-0.1, -0.05) is 11.8 Å². The standard InChI is InChI=1S/C13H22N2O5S/c1-13(2,3)20-12(18)15(4)11-14-9-8(17)5-7(6-16)19-10(9)21-11/h7-10,16-17H,5-6H2,1-4H3. The van der Waals surface area contributed by atoms with Crippen LogP contribution in [0.1, 0.15) is 27.2 Å². The van der Waals surface area contributed by atoms with Crippen molar-refractivity contribution in [2.75, 3.05) is 13.7 Å². The number of ether oxygens (including phenoxy) is 2. The number of aliphatic hydroxyl groups excluding tert-OH is 2. The van der Waals surface area contributed by atoms with Gasteiger partial charge in [0, 0.05) is 13.5 Å². The van der Waals surface area contributed by atoms with Crippen LogP contribution in [-0.2, 0) is 9.47 Å². The van der Waals surface area contributed by atoms with E-state index in [1.807, 2.05) is 0 Å². The van der Waals surface area contributed by atoms with E-state index in [1.165, 1.54) is 16.7 Å². The van der Waals surface area contributed by atoms with Gasteiger partial charge in [-0.05, 0) is 20.8 Å². The Morgan fingerprint density at radius 3 is 2.81 bits per heavy atom. The molecule has 0 bridgehead atoms. The van der Waals surface area contributed by atoms with Gasteiger partial charge in [-0.3, -0.25) is 9.89 Å². The Kier molecular flexibility index (Phi) is 4.82. The molecule has 4 unspecified atom stereocenters. The summed E-state index contributed by atoms with van der Waals surface area (Å²) in [6.45, 7) is 5.24. The van der Waals surface area contributed by atoms with Crippen molar-refractivity contribution in [2.45, 2.75) is 56.5 Å². The summed E-state index contributed by atoms with van der Waals surface area (Å²) in [7, 11) is 1.58. The molecule has 4 atom stereocenters. The highest BCUT2D eigenvalue weighted by Gasteiger charge is 2.44.